The van der Waals surface area contributed by atoms with Crippen LogP contribution < -0.4 is 5.32 Å². The summed E-state index contributed by atoms with van der Waals surface area (Å²) < 4.78 is 47.2. The minimum absolute atomic E-state index is 0.0176. The van der Waals surface area contributed by atoms with Crippen LogP contribution in [-0.4, -0.2) is 43.6 Å². The van der Waals surface area contributed by atoms with Gasteiger partial charge in [-0.15, -0.1) is 10.2 Å². The van der Waals surface area contributed by atoms with E-state index < -0.39 is 17.8 Å². The van der Waals surface area contributed by atoms with Crippen molar-refractivity contribution in [1.82, 2.24) is 24.5 Å². The number of aromatic nitrogens is 4. The standard InChI is InChI=1S/C22H23F3N6O2/c1-11-15(5-4-6-17(11)22(23,24)25)12(2)26-19-16-7-30(20(32)14-9-33-10-14)8-18(16)31-13(3)28-29-21(31)27-19/h4-6,12,14H,7-10H2,1-3H3,(H,26,27,29). The van der Waals surface area contributed by atoms with Crippen molar-refractivity contribution in [3.8, 4) is 0 Å². The summed E-state index contributed by atoms with van der Waals surface area (Å²) in [5.74, 6) is 1.40. The molecule has 2 aliphatic rings. The van der Waals surface area contributed by atoms with Crippen molar-refractivity contribution in [3.63, 3.8) is 0 Å². The number of nitrogens with one attached hydrogen (secondary N) is 1. The summed E-state index contributed by atoms with van der Waals surface area (Å²) in [4.78, 5) is 19.2. The van der Waals surface area contributed by atoms with Gasteiger partial charge in [-0.25, -0.2) is 0 Å². The molecule has 1 saturated heterocycles. The van der Waals surface area contributed by atoms with Crippen molar-refractivity contribution in [1.29, 1.82) is 0 Å². The highest BCUT2D eigenvalue weighted by molar-refractivity contribution is 5.81. The van der Waals surface area contributed by atoms with E-state index in [0.717, 1.165) is 17.3 Å². The number of benzene rings is 1. The van der Waals surface area contributed by atoms with Crippen LogP contribution in [0.2, 0.25) is 0 Å². The number of carbonyl (C=O) groups excluding carboxylic acids is 1. The van der Waals surface area contributed by atoms with E-state index in [9.17, 15) is 18.0 Å². The summed E-state index contributed by atoms with van der Waals surface area (Å²) in [5, 5.41) is 11.5. The molecule has 0 aliphatic carbocycles. The topological polar surface area (TPSA) is 84.7 Å². The number of hydrogen-bond acceptors (Lipinski definition) is 6. The molecule has 11 heteroatoms. The molecule has 1 atom stereocenters. The van der Waals surface area contributed by atoms with Crippen LogP contribution in [0.3, 0.4) is 0 Å². The lowest BCUT2D eigenvalue weighted by Gasteiger charge is -2.29. The molecule has 33 heavy (non-hydrogen) atoms. The number of anilines is 1. The molecule has 0 spiro atoms. The minimum Gasteiger partial charge on any atom is -0.380 e. The van der Waals surface area contributed by atoms with Crippen LogP contribution in [0.4, 0.5) is 19.0 Å². The Morgan fingerprint density at radius 2 is 1.97 bits per heavy atom. The summed E-state index contributed by atoms with van der Waals surface area (Å²) in [6.45, 7) is 6.65. The molecule has 0 bridgehead atoms. The van der Waals surface area contributed by atoms with Gasteiger partial charge in [0.1, 0.15) is 11.6 Å². The monoisotopic (exact) mass is 460 g/mol. The highest BCUT2D eigenvalue weighted by Crippen LogP contribution is 2.37. The van der Waals surface area contributed by atoms with Gasteiger partial charge >= 0.3 is 6.18 Å². The first kappa shape index (κ1) is 21.6. The Morgan fingerprint density at radius 3 is 2.64 bits per heavy atom. The molecule has 3 aromatic rings. The lowest BCUT2D eigenvalue weighted by atomic mass is 9.97. The number of halogens is 3. The first-order valence-electron chi connectivity index (χ1n) is 10.7. The first-order chi connectivity index (χ1) is 15.6. The molecular formula is C22H23F3N6O2. The van der Waals surface area contributed by atoms with Crippen LogP contribution in [0.5, 0.6) is 0 Å². The molecule has 8 nitrogen and oxygen atoms in total. The molecule has 1 amide bonds. The molecule has 1 aromatic carbocycles. The van der Waals surface area contributed by atoms with E-state index in [1.807, 2.05) is 11.3 Å². The highest BCUT2D eigenvalue weighted by Gasteiger charge is 2.37. The number of aryl methyl sites for hydroxylation is 1. The molecule has 1 fully saturated rings. The van der Waals surface area contributed by atoms with Crippen molar-refractivity contribution in [3.05, 3.63) is 52.0 Å². The number of rotatable bonds is 4. The van der Waals surface area contributed by atoms with Gasteiger partial charge < -0.3 is 15.0 Å². The average Bonchev–Trinajstić information content (AvgIpc) is 3.30. The molecule has 2 aliphatic heterocycles. The zero-order valence-corrected chi connectivity index (χ0v) is 18.4. The summed E-state index contributed by atoms with van der Waals surface area (Å²) >= 11 is 0. The van der Waals surface area contributed by atoms with Gasteiger partial charge in [-0.05, 0) is 38.0 Å². The third-order valence-electron chi connectivity index (χ3n) is 6.41. The number of carbonyl (C=O) groups is 1. The fourth-order valence-corrected chi connectivity index (χ4v) is 4.56. The lowest BCUT2D eigenvalue weighted by molar-refractivity contribution is -0.150. The van der Waals surface area contributed by atoms with Gasteiger partial charge in [-0.3, -0.25) is 9.20 Å². The third kappa shape index (κ3) is 3.60. The maximum absolute atomic E-state index is 13.4. The molecule has 0 saturated carbocycles. The number of fused-ring (bicyclic) bond motifs is 3. The quantitative estimate of drug-likeness (QED) is 0.642. The molecule has 0 radical (unpaired) electrons. The average molecular weight is 460 g/mol. The van der Waals surface area contributed by atoms with Crippen LogP contribution in [0.1, 0.15) is 46.7 Å². The van der Waals surface area contributed by atoms with Gasteiger partial charge in [0.05, 0.1) is 49.5 Å². The van der Waals surface area contributed by atoms with E-state index in [4.69, 9.17) is 4.74 Å². The summed E-state index contributed by atoms with van der Waals surface area (Å²) in [7, 11) is 0. The Bertz CT molecular complexity index is 1250. The van der Waals surface area contributed by atoms with Crippen molar-refractivity contribution < 1.29 is 22.7 Å². The van der Waals surface area contributed by atoms with Gasteiger partial charge in [-0.1, -0.05) is 12.1 Å². The zero-order chi connectivity index (χ0) is 23.5. The molecule has 5 rings (SSSR count). The second-order valence-corrected chi connectivity index (χ2v) is 8.58. The van der Waals surface area contributed by atoms with E-state index >= 15 is 0 Å². The Kier molecular flexibility index (Phi) is 5.04. The van der Waals surface area contributed by atoms with Gasteiger partial charge in [0, 0.05) is 5.56 Å². The minimum atomic E-state index is -4.43. The fourth-order valence-electron chi connectivity index (χ4n) is 4.56. The fraction of sp³-hybridized carbons (Fsp3) is 0.455. The maximum atomic E-state index is 13.4. The largest absolute Gasteiger partial charge is 0.416 e. The Labute approximate surface area is 187 Å². The van der Waals surface area contributed by atoms with Crippen LogP contribution in [0.25, 0.3) is 5.78 Å². The molecule has 2 aromatic heterocycles. The number of alkyl halides is 3. The van der Waals surface area contributed by atoms with E-state index in [0.29, 0.717) is 49.3 Å². The molecule has 4 heterocycles. The van der Waals surface area contributed by atoms with E-state index in [1.54, 1.807) is 17.9 Å². The number of hydrogen-bond donors (Lipinski definition) is 1. The second kappa shape index (κ2) is 7.68. The molecule has 174 valence electrons. The van der Waals surface area contributed by atoms with Crippen molar-refractivity contribution in [2.45, 2.75) is 46.1 Å². The summed E-state index contributed by atoms with van der Waals surface area (Å²) in [6.07, 6.45) is -4.43. The second-order valence-electron chi connectivity index (χ2n) is 8.58. The summed E-state index contributed by atoms with van der Waals surface area (Å²) in [6, 6.07) is 3.71. The maximum Gasteiger partial charge on any atom is 0.416 e. The first-order valence-corrected chi connectivity index (χ1v) is 10.7. The van der Waals surface area contributed by atoms with Crippen molar-refractivity contribution in [2.24, 2.45) is 5.92 Å². The van der Waals surface area contributed by atoms with Crippen LogP contribution >= 0.6 is 0 Å². The van der Waals surface area contributed by atoms with Gasteiger partial charge in [0.15, 0.2) is 0 Å². The third-order valence-corrected chi connectivity index (χ3v) is 6.41. The number of ether oxygens (including phenoxy) is 1. The van der Waals surface area contributed by atoms with Crippen molar-refractivity contribution in [2.75, 3.05) is 18.5 Å². The summed E-state index contributed by atoms with van der Waals surface area (Å²) in [5.41, 5.74) is 1.70. The number of amides is 1. The highest BCUT2D eigenvalue weighted by atomic mass is 19.4. The Hall–Kier alpha value is -3.21. The zero-order valence-electron chi connectivity index (χ0n) is 18.4. The van der Waals surface area contributed by atoms with Crippen molar-refractivity contribution >= 4 is 17.5 Å². The van der Waals surface area contributed by atoms with Gasteiger partial charge in [0.25, 0.3) is 5.78 Å². The van der Waals surface area contributed by atoms with E-state index in [2.05, 4.69) is 20.5 Å². The predicted octanol–water partition coefficient (Wildman–Crippen LogP) is 3.42. The SMILES string of the molecule is Cc1c(C(C)Nc2nc3nnc(C)n3c3c2CN(C(=O)C2COC2)C3)cccc1C(F)(F)F. The predicted molar refractivity (Wildman–Crippen MR) is 112 cm³/mol. The van der Waals surface area contributed by atoms with E-state index in [-0.39, 0.29) is 17.4 Å². The molecular weight excluding hydrogens is 437 g/mol. The lowest BCUT2D eigenvalue weighted by Crippen LogP contribution is -2.42. The normalized spacial score (nSPS) is 17.2. The van der Waals surface area contributed by atoms with E-state index in [1.165, 1.54) is 13.0 Å². The number of nitrogens with zero attached hydrogens (tertiary/aromatic N) is 5. The Morgan fingerprint density at radius 1 is 1.21 bits per heavy atom. The smallest absolute Gasteiger partial charge is 0.380 e. The Balaban J connectivity index is 1.51. The van der Waals surface area contributed by atoms with Gasteiger partial charge in [-0.2, -0.15) is 18.2 Å². The van der Waals surface area contributed by atoms with Gasteiger partial charge in [0.2, 0.25) is 5.91 Å². The van der Waals surface area contributed by atoms with Crippen LogP contribution in [0.15, 0.2) is 18.2 Å². The molecule has 1 N–H and O–H groups in total. The van der Waals surface area contributed by atoms with Crippen LogP contribution in [-0.2, 0) is 28.8 Å². The molecule has 1 unspecified atom stereocenters. The van der Waals surface area contributed by atoms with Crippen LogP contribution in [0, 0.1) is 19.8 Å².